The van der Waals surface area contributed by atoms with Gasteiger partial charge in [-0.05, 0) is 56.1 Å². The van der Waals surface area contributed by atoms with E-state index in [0.717, 1.165) is 12.2 Å². The average Bonchev–Trinajstić information content (AvgIpc) is 2.81. The molecule has 2 aromatic rings. The Labute approximate surface area is 127 Å². The summed E-state index contributed by atoms with van der Waals surface area (Å²) in [6.45, 7) is 6.45. The van der Waals surface area contributed by atoms with Crippen molar-refractivity contribution < 1.29 is 4.74 Å². The highest BCUT2D eigenvalue weighted by atomic mass is 16.5. The van der Waals surface area contributed by atoms with Gasteiger partial charge in [0, 0.05) is 6.42 Å². The van der Waals surface area contributed by atoms with Crippen LogP contribution < -0.4 is 10.1 Å². The topological polar surface area (TPSA) is 21.3 Å². The van der Waals surface area contributed by atoms with Gasteiger partial charge in [-0.3, -0.25) is 0 Å². The van der Waals surface area contributed by atoms with E-state index < -0.39 is 0 Å². The summed E-state index contributed by atoms with van der Waals surface area (Å²) in [5, 5.41) is 3.46. The molecule has 0 aliphatic carbocycles. The first-order chi connectivity index (χ1) is 10.1. The van der Waals surface area contributed by atoms with Crippen molar-refractivity contribution >= 4 is 0 Å². The average molecular weight is 281 g/mol. The number of hydrogen-bond acceptors (Lipinski definition) is 2. The fraction of sp³-hybridized carbons (Fsp3) is 0.368. The molecule has 0 saturated carbocycles. The molecule has 0 amide bonds. The molecule has 2 atom stereocenters. The summed E-state index contributed by atoms with van der Waals surface area (Å²) < 4.78 is 5.80. The third-order valence-corrected chi connectivity index (χ3v) is 4.28. The van der Waals surface area contributed by atoms with Gasteiger partial charge in [0.05, 0.1) is 6.04 Å². The Morgan fingerprint density at radius 2 is 1.95 bits per heavy atom. The molecule has 2 unspecified atom stereocenters. The highest BCUT2D eigenvalue weighted by Gasteiger charge is 2.21. The number of ether oxygens (including phenoxy) is 1. The Bertz CT molecular complexity index is 663. The van der Waals surface area contributed by atoms with Crippen LogP contribution in [0.3, 0.4) is 0 Å². The van der Waals surface area contributed by atoms with Gasteiger partial charge in [-0.2, -0.15) is 0 Å². The summed E-state index contributed by atoms with van der Waals surface area (Å²) in [7, 11) is 2.02. The quantitative estimate of drug-likeness (QED) is 0.920. The summed E-state index contributed by atoms with van der Waals surface area (Å²) in [6.07, 6.45) is 1.30. The number of benzene rings is 2. The predicted molar refractivity (Wildman–Crippen MR) is 87.1 cm³/mol. The first-order valence-corrected chi connectivity index (χ1v) is 7.62. The van der Waals surface area contributed by atoms with Gasteiger partial charge < -0.3 is 10.1 Å². The van der Waals surface area contributed by atoms with Gasteiger partial charge in [0.15, 0.2) is 0 Å². The molecule has 1 N–H and O–H groups in total. The van der Waals surface area contributed by atoms with Gasteiger partial charge in [0.2, 0.25) is 0 Å². The predicted octanol–water partition coefficient (Wildman–Crippen LogP) is 3.94. The highest BCUT2D eigenvalue weighted by Crippen LogP contribution is 2.33. The zero-order valence-electron chi connectivity index (χ0n) is 13.2. The van der Waals surface area contributed by atoms with Crippen LogP contribution in [0.15, 0.2) is 36.4 Å². The first-order valence-electron chi connectivity index (χ1n) is 7.62. The molecule has 1 heterocycles. The van der Waals surface area contributed by atoms with Gasteiger partial charge >= 0.3 is 0 Å². The lowest BCUT2D eigenvalue weighted by molar-refractivity contribution is 0.254. The van der Waals surface area contributed by atoms with Gasteiger partial charge in [0.1, 0.15) is 11.9 Å². The molecular formula is C19H23NO. The van der Waals surface area contributed by atoms with Crippen LogP contribution in [0, 0.1) is 13.8 Å². The van der Waals surface area contributed by atoms with Crippen LogP contribution in [0.25, 0.3) is 0 Å². The first kappa shape index (κ1) is 14.2. The van der Waals surface area contributed by atoms with Crippen LogP contribution in [0.5, 0.6) is 5.75 Å². The molecule has 3 rings (SSSR count). The molecule has 110 valence electrons. The van der Waals surface area contributed by atoms with Crippen LogP contribution >= 0.6 is 0 Å². The third-order valence-electron chi connectivity index (χ3n) is 4.28. The van der Waals surface area contributed by atoms with Crippen molar-refractivity contribution in [1.82, 2.24) is 5.32 Å². The molecule has 1 aliphatic heterocycles. The van der Waals surface area contributed by atoms with Crippen molar-refractivity contribution in [2.24, 2.45) is 0 Å². The number of hydrogen-bond donors (Lipinski definition) is 1. The minimum absolute atomic E-state index is 0.229. The largest absolute Gasteiger partial charge is 0.490 e. The van der Waals surface area contributed by atoms with Crippen molar-refractivity contribution in [1.29, 1.82) is 0 Å². The van der Waals surface area contributed by atoms with Crippen LogP contribution in [0.1, 0.15) is 40.8 Å². The smallest absolute Gasteiger partial charge is 0.123 e. The molecule has 0 saturated heterocycles. The van der Waals surface area contributed by atoms with E-state index in [-0.39, 0.29) is 6.04 Å². The number of fused-ring (bicyclic) bond motifs is 1. The summed E-state index contributed by atoms with van der Waals surface area (Å²) in [6, 6.07) is 13.5. The summed E-state index contributed by atoms with van der Waals surface area (Å²) in [5.41, 5.74) is 6.61. The number of nitrogens with one attached hydrogen (secondary N) is 1. The maximum Gasteiger partial charge on any atom is 0.123 e. The monoisotopic (exact) mass is 281 g/mol. The zero-order chi connectivity index (χ0) is 15.0. The van der Waals surface area contributed by atoms with E-state index in [0.29, 0.717) is 6.10 Å². The van der Waals surface area contributed by atoms with Crippen LogP contribution in [0.2, 0.25) is 0 Å². The normalized spacial score (nSPS) is 18.2. The molecule has 0 aromatic heterocycles. The molecule has 1 aliphatic rings. The van der Waals surface area contributed by atoms with Gasteiger partial charge in [0.25, 0.3) is 0 Å². The standard InChI is InChI=1S/C19H23NO/c1-12-5-7-17(13(2)9-12)19(20-4)15-6-8-18-16(11-15)10-14(3)21-18/h5-9,11,14,19-20H,10H2,1-4H3. The molecule has 0 radical (unpaired) electrons. The lowest BCUT2D eigenvalue weighted by Crippen LogP contribution is -2.18. The summed E-state index contributed by atoms with van der Waals surface area (Å²) >= 11 is 0. The number of aryl methyl sites for hydroxylation is 2. The number of rotatable bonds is 3. The van der Waals surface area contributed by atoms with Crippen molar-refractivity contribution in [3.63, 3.8) is 0 Å². The fourth-order valence-electron chi connectivity index (χ4n) is 3.27. The Balaban J connectivity index is 1.99. The summed E-state index contributed by atoms with van der Waals surface area (Å²) in [5.74, 6) is 1.04. The second kappa shape index (κ2) is 5.53. The lowest BCUT2D eigenvalue weighted by Gasteiger charge is -2.20. The Morgan fingerprint density at radius 1 is 1.14 bits per heavy atom. The van der Waals surface area contributed by atoms with Crippen molar-refractivity contribution in [2.45, 2.75) is 39.3 Å². The zero-order valence-corrected chi connectivity index (χ0v) is 13.2. The highest BCUT2D eigenvalue weighted by molar-refractivity contribution is 5.45. The van der Waals surface area contributed by atoms with E-state index in [9.17, 15) is 0 Å². The molecule has 2 heteroatoms. The van der Waals surface area contributed by atoms with Crippen LogP contribution in [-0.4, -0.2) is 13.2 Å². The molecule has 2 aromatic carbocycles. The van der Waals surface area contributed by atoms with Crippen LogP contribution in [0.4, 0.5) is 0 Å². The minimum Gasteiger partial charge on any atom is -0.490 e. The van der Waals surface area contributed by atoms with Gasteiger partial charge in [-0.1, -0.05) is 35.9 Å². The Morgan fingerprint density at radius 3 is 2.67 bits per heavy atom. The van der Waals surface area contributed by atoms with E-state index in [4.69, 9.17) is 4.74 Å². The minimum atomic E-state index is 0.229. The lowest BCUT2D eigenvalue weighted by atomic mass is 9.92. The maximum atomic E-state index is 5.80. The SMILES string of the molecule is CNC(c1ccc2c(c1)CC(C)O2)c1ccc(C)cc1C. The van der Waals surface area contributed by atoms with Crippen molar-refractivity contribution in [3.05, 3.63) is 64.2 Å². The molecule has 2 nitrogen and oxygen atoms in total. The van der Waals surface area contributed by atoms with E-state index >= 15 is 0 Å². The van der Waals surface area contributed by atoms with E-state index in [1.165, 1.54) is 27.8 Å². The molecule has 0 spiro atoms. The Hall–Kier alpha value is -1.80. The van der Waals surface area contributed by atoms with Gasteiger partial charge in [-0.25, -0.2) is 0 Å². The second-order valence-corrected chi connectivity index (χ2v) is 6.08. The van der Waals surface area contributed by atoms with Crippen molar-refractivity contribution in [2.75, 3.05) is 7.05 Å². The van der Waals surface area contributed by atoms with Crippen LogP contribution in [-0.2, 0) is 6.42 Å². The van der Waals surface area contributed by atoms with Crippen molar-refractivity contribution in [3.8, 4) is 5.75 Å². The van der Waals surface area contributed by atoms with E-state index in [2.05, 4.69) is 62.5 Å². The van der Waals surface area contributed by atoms with E-state index in [1.54, 1.807) is 0 Å². The molecule has 21 heavy (non-hydrogen) atoms. The molecular weight excluding hydrogens is 258 g/mol. The third kappa shape index (κ3) is 2.68. The summed E-state index contributed by atoms with van der Waals surface area (Å²) in [4.78, 5) is 0. The molecule has 0 bridgehead atoms. The fourth-order valence-corrected chi connectivity index (χ4v) is 3.27. The van der Waals surface area contributed by atoms with Gasteiger partial charge in [-0.15, -0.1) is 0 Å². The molecule has 0 fully saturated rings. The second-order valence-electron chi connectivity index (χ2n) is 6.08. The Kier molecular flexibility index (Phi) is 3.73. The van der Waals surface area contributed by atoms with E-state index in [1.807, 2.05) is 7.05 Å². The maximum absolute atomic E-state index is 5.80.